The van der Waals surface area contributed by atoms with Crippen molar-refractivity contribution < 1.29 is 14.3 Å². The molecule has 7 nitrogen and oxygen atoms in total. The number of rotatable bonds is 3. The van der Waals surface area contributed by atoms with E-state index in [0.717, 1.165) is 12.8 Å². The third kappa shape index (κ3) is 2.19. The highest BCUT2D eigenvalue weighted by atomic mass is 16.8. The predicted octanol–water partition coefficient (Wildman–Crippen LogP) is 0.739. The smallest absolute Gasteiger partial charge is 0.302 e. The summed E-state index contributed by atoms with van der Waals surface area (Å²) in [4.78, 5) is 12.0. The molecule has 1 heterocycles. The number of carbonyl (C=O) groups is 1. The Morgan fingerprint density at radius 3 is 3.05 bits per heavy atom. The molecule has 0 saturated heterocycles. The molecular formula is C13H10N4O3. The van der Waals surface area contributed by atoms with Gasteiger partial charge in [-0.15, -0.1) is 0 Å². The van der Waals surface area contributed by atoms with Crippen molar-refractivity contribution in [3.05, 3.63) is 40.7 Å². The molecule has 100 valence electrons. The van der Waals surface area contributed by atoms with Gasteiger partial charge in [-0.05, 0) is 29.9 Å². The number of aromatic nitrogens is 2. The van der Waals surface area contributed by atoms with Crippen LogP contribution in [0.15, 0.2) is 28.9 Å². The molecule has 1 aromatic heterocycles. The fraction of sp³-hybridized carbons (Fsp3) is 0.231. The second-order valence-electron chi connectivity index (χ2n) is 4.57. The number of nitrogens with zero attached hydrogens (tertiary/aromatic N) is 3. The van der Waals surface area contributed by atoms with Gasteiger partial charge in [0, 0.05) is 22.3 Å². The lowest BCUT2D eigenvalue weighted by Gasteiger charge is -2.03. The van der Waals surface area contributed by atoms with E-state index in [1.807, 2.05) is 0 Å². The molecule has 0 spiro atoms. The molecule has 1 aromatic carbocycles. The van der Waals surface area contributed by atoms with Crippen LogP contribution in [0.2, 0.25) is 0 Å². The number of hydrogen-bond acceptors (Lipinski definition) is 5. The summed E-state index contributed by atoms with van der Waals surface area (Å²) in [5, 5.41) is 26.5. The van der Waals surface area contributed by atoms with Gasteiger partial charge in [0.15, 0.2) is 6.07 Å². The van der Waals surface area contributed by atoms with Gasteiger partial charge in [-0.3, -0.25) is 9.42 Å². The zero-order valence-corrected chi connectivity index (χ0v) is 10.4. The zero-order valence-electron chi connectivity index (χ0n) is 10.4. The molecule has 3 rings (SSSR count). The van der Waals surface area contributed by atoms with Gasteiger partial charge in [0.1, 0.15) is 0 Å². The van der Waals surface area contributed by atoms with Crippen molar-refractivity contribution in [2.24, 2.45) is 0 Å². The average Bonchev–Trinajstić information content (AvgIpc) is 3.19. The summed E-state index contributed by atoms with van der Waals surface area (Å²) in [6, 6.07) is 8.56. The maximum Gasteiger partial charge on any atom is 0.302 e. The highest BCUT2D eigenvalue weighted by Gasteiger charge is 2.25. The summed E-state index contributed by atoms with van der Waals surface area (Å²) >= 11 is 0. The molecule has 1 fully saturated rings. The van der Waals surface area contributed by atoms with Crippen LogP contribution in [-0.4, -0.2) is 17.1 Å². The van der Waals surface area contributed by atoms with Crippen molar-refractivity contribution in [3.8, 4) is 17.3 Å². The summed E-state index contributed by atoms with van der Waals surface area (Å²) in [7, 11) is 0. The summed E-state index contributed by atoms with van der Waals surface area (Å²) in [6.45, 7) is 0. The van der Waals surface area contributed by atoms with E-state index in [2.05, 4.69) is 15.1 Å². The maximum absolute atomic E-state index is 12.0. The fourth-order valence-corrected chi connectivity index (χ4v) is 1.84. The van der Waals surface area contributed by atoms with Crippen LogP contribution in [0.4, 0.5) is 0 Å². The van der Waals surface area contributed by atoms with E-state index < -0.39 is 0 Å². The van der Waals surface area contributed by atoms with Crippen molar-refractivity contribution in [1.29, 1.82) is 5.26 Å². The first-order chi connectivity index (χ1) is 9.69. The lowest BCUT2D eigenvalue weighted by atomic mass is 10.1. The standard InChI is InChI=1S/C13H10N4O3/c14-7-11-12(16-20-17(11)19)8-2-1-3-9(6-8)13(18)15-10-4-5-10/h1-3,6,10H,4-5H2,(H,15,18). The molecule has 2 aromatic rings. The van der Waals surface area contributed by atoms with Gasteiger partial charge in [0.25, 0.3) is 11.6 Å². The molecule has 0 atom stereocenters. The average molecular weight is 270 g/mol. The molecular weight excluding hydrogens is 260 g/mol. The molecule has 1 N–H and O–H groups in total. The van der Waals surface area contributed by atoms with Crippen molar-refractivity contribution in [2.45, 2.75) is 18.9 Å². The molecule has 7 heteroatoms. The molecule has 1 saturated carbocycles. The Labute approximate surface area is 114 Å². The molecule has 0 bridgehead atoms. The SMILES string of the molecule is N#Cc1c(-c2cccc(C(=O)NC3CC3)c2)no[n+]1[O-]. The molecule has 0 radical (unpaired) electrons. The van der Waals surface area contributed by atoms with Crippen LogP contribution >= 0.6 is 0 Å². The van der Waals surface area contributed by atoms with Crippen LogP contribution in [0.1, 0.15) is 28.9 Å². The first-order valence-electron chi connectivity index (χ1n) is 6.10. The van der Waals surface area contributed by atoms with Gasteiger partial charge in [-0.25, -0.2) is 0 Å². The largest absolute Gasteiger partial charge is 0.358 e. The molecule has 20 heavy (non-hydrogen) atoms. The van der Waals surface area contributed by atoms with Crippen molar-refractivity contribution in [3.63, 3.8) is 0 Å². The van der Waals surface area contributed by atoms with Gasteiger partial charge < -0.3 is 10.5 Å². The third-order valence-corrected chi connectivity index (χ3v) is 3.03. The number of nitrogens with one attached hydrogen (secondary N) is 1. The molecule has 1 aliphatic rings. The Morgan fingerprint density at radius 2 is 2.35 bits per heavy atom. The van der Waals surface area contributed by atoms with Crippen molar-refractivity contribution in [2.75, 3.05) is 0 Å². The summed E-state index contributed by atoms with van der Waals surface area (Å²) < 4.78 is 4.40. The van der Waals surface area contributed by atoms with Crippen LogP contribution in [-0.2, 0) is 0 Å². The minimum absolute atomic E-state index is 0.0479. The van der Waals surface area contributed by atoms with Crippen LogP contribution in [0.5, 0.6) is 0 Å². The Bertz CT molecular complexity index is 713. The molecule has 1 aliphatic carbocycles. The van der Waals surface area contributed by atoms with Crippen LogP contribution in [0.3, 0.4) is 0 Å². The fourth-order valence-electron chi connectivity index (χ4n) is 1.84. The number of carbonyl (C=O) groups excluding carboxylic acids is 1. The maximum atomic E-state index is 12.0. The van der Waals surface area contributed by atoms with Gasteiger partial charge >= 0.3 is 5.69 Å². The Hall–Kier alpha value is -2.88. The lowest BCUT2D eigenvalue weighted by Crippen LogP contribution is -2.26. The lowest BCUT2D eigenvalue weighted by molar-refractivity contribution is -0.804. The van der Waals surface area contributed by atoms with Crippen molar-refractivity contribution >= 4 is 5.91 Å². The van der Waals surface area contributed by atoms with Gasteiger partial charge in [0.2, 0.25) is 0 Å². The molecule has 0 unspecified atom stereocenters. The van der Waals surface area contributed by atoms with E-state index in [1.165, 1.54) is 0 Å². The Morgan fingerprint density at radius 1 is 1.55 bits per heavy atom. The highest BCUT2D eigenvalue weighted by molar-refractivity contribution is 5.95. The summed E-state index contributed by atoms with van der Waals surface area (Å²) in [5.41, 5.74) is 0.843. The number of amides is 1. The normalized spacial score (nSPS) is 13.8. The van der Waals surface area contributed by atoms with Gasteiger partial charge in [-0.2, -0.15) is 5.26 Å². The third-order valence-electron chi connectivity index (χ3n) is 3.03. The van der Waals surface area contributed by atoms with Gasteiger partial charge in [0.05, 0.1) is 0 Å². The number of hydrogen-bond donors (Lipinski definition) is 1. The summed E-state index contributed by atoms with van der Waals surface area (Å²) in [5.74, 6) is -0.175. The molecule has 0 aliphatic heterocycles. The highest BCUT2D eigenvalue weighted by Crippen LogP contribution is 2.22. The predicted molar refractivity (Wildman–Crippen MR) is 66.1 cm³/mol. The first kappa shape index (κ1) is 12.2. The van der Waals surface area contributed by atoms with Crippen molar-refractivity contribution in [1.82, 2.24) is 10.5 Å². The van der Waals surface area contributed by atoms with Crippen LogP contribution in [0, 0.1) is 16.5 Å². The minimum atomic E-state index is -0.232. The minimum Gasteiger partial charge on any atom is -0.358 e. The van der Waals surface area contributed by atoms with Crippen LogP contribution < -0.4 is 10.2 Å². The van der Waals surface area contributed by atoms with E-state index in [4.69, 9.17) is 5.26 Å². The number of benzene rings is 1. The second kappa shape index (κ2) is 4.66. The Kier molecular flexibility index (Phi) is 2.84. The van der Waals surface area contributed by atoms with Gasteiger partial charge in [-0.1, -0.05) is 12.1 Å². The van der Waals surface area contributed by atoms with Crippen LogP contribution in [0.25, 0.3) is 11.3 Å². The van der Waals surface area contributed by atoms with E-state index >= 15 is 0 Å². The Balaban J connectivity index is 1.94. The number of nitriles is 1. The second-order valence-corrected chi connectivity index (χ2v) is 4.57. The van der Waals surface area contributed by atoms with E-state index in [0.29, 0.717) is 11.1 Å². The quantitative estimate of drug-likeness (QED) is 0.828. The monoisotopic (exact) mass is 270 g/mol. The van der Waals surface area contributed by atoms with E-state index in [1.54, 1.807) is 30.3 Å². The summed E-state index contributed by atoms with van der Waals surface area (Å²) in [6.07, 6.45) is 2.01. The molecule has 1 amide bonds. The topological polar surface area (TPSA) is 106 Å². The van der Waals surface area contributed by atoms with E-state index in [-0.39, 0.29) is 28.2 Å². The van der Waals surface area contributed by atoms with E-state index in [9.17, 15) is 10.0 Å². The first-order valence-corrected chi connectivity index (χ1v) is 6.10. The zero-order chi connectivity index (χ0) is 14.1.